The lowest BCUT2D eigenvalue weighted by molar-refractivity contribution is -0.114. The number of carbonyl (C=O) groups excluding carboxylic acids is 2. The minimum atomic E-state index is -1.04. The molecule has 1 amide bonds. The molecule has 2 aromatic carbocycles. The molecule has 32 heavy (non-hydrogen) atoms. The third-order valence-electron chi connectivity index (χ3n) is 5.65. The van der Waals surface area contributed by atoms with Gasteiger partial charge in [-0.2, -0.15) is 10.1 Å². The first-order valence-corrected chi connectivity index (χ1v) is 10.1. The number of anilines is 1. The number of carbonyl (C=O) groups is 3. The Labute approximate surface area is 183 Å². The van der Waals surface area contributed by atoms with E-state index in [0.29, 0.717) is 40.5 Å². The number of hydrogen-bond acceptors (Lipinski definition) is 5. The van der Waals surface area contributed by atoms with Crippen LogP contribution in [-0.2, 0) is 11.2 Å². The third-order valence-corrected chi connectivity index (χ3v) is 5.65. The lowest BCUT2D eigenvalue weighted by Gasteiger charge is -2.11. The summed E-state index contributed by atoms with van der Waals surface area (Å²) in [7, 11) is 0. The summed E-state index contributed by atoms with van der Waals surface area (Å²) in [5, 5.41) is 14.6. The highest BCUT2D eigenvalue weighted by atomic mass is 16.4. The van der Waals surface area contributed by atoms with Gasteiger partial charge in [0.05, 0.1) is 22.5 Å². The second-order valence-electron chi connectivity index (χ2n) is 7.68. The van der Waals surface area contributed by atoms with Crippen molar-refractivity contribution in [3.8, 4) is 11.3 Å². The summed E-state index contributed by atoms with van der Waals surface area (Å²) in [5.41, 5.74) is 4.01. The molecule has 0 unspecified atom stereocenters. The van der Waals surface area contributed by atoms with Gasteiger partial charge in [0.1, 0.15) is 11.5 Å². The molecule has 1 aromatic heterocycles. The highest BCUT2D eigenvalue weighted by Gasteiger charge is 2.29. The molecule has 0 bridgehead atoms. The molecule has 5 rings (SSSR count). The highest BCUT2D eigenvalue weighted by molar-refractivity contribution is 6.32. The minimum Gasteiger partial charge on any atom is -0.478 e. The Bertz CT molecular complexity index is 1340. The van der Waals surface area contributed by atoms with E-state index in [0.717, 1.165) is 17.5 Å². The van der Waals surface area contributed by atoms with Crippen molar-refractivity contribution >= 4 is 35.1 Å². The molecule has 7 heteroatoms. The lowest BCUT2D eigenvalue weighted by Crippen LogP contribution is -2.21. The molecule has 0 saturated heterocycles. The van der Waals surface area contributed by atoms with Crippen molar-refractivity contribution in [1.82, 2.24) is 0 Å². The van der Waals surface area contributed by atoms with Crippen LogP contribution in [-0.4, -0.2) is 28.5 Å². The normalized spacial score (nSPS) is 16.6. The van der Waals surface area contributed by atoms with Gasteiger partial charge in [0.25, 0.3) is 5.91 Å². The number of nitrogens with zero attached hydrogens (tertiary/aromatic N) is 2. The molecule has 1 N–H and O–H groups in total. The smallest absolute Gasteiger partial charge is 0.335 e. The Morgan fingerprint density at radius 3 is 2.59 bits per heavy atom. The highest BCUT2D eigenvalue weighted by Crippen LogP contribution is 2.34. The number of carboxylic acids is 1. The zero-order valence-corrected chi connectivity index (χ0v) is 17.2. The van der Waals surface area contributed by atoms with Crippen molar-refractivity contribution in [2.24, 2.45) is 5.10 Å². The fraction of sp³-hybridized carbons (Fsp3) is 0.120. The van der Waals surface area contributed by atoms with Crippen LogP contribution in [0.5, 0.6) is 0 Å². The van der Waals surface area contributed by atoms with E-state index in [1.165, 1.54) is 17.1 Å². The maximum atomic E-state index is 13.0. The van der Waals surface area contributed by atoms with Crippen molar-refractivity contribution in [2.45, 2.75) is 19.8 Å². The number of aryl methyl sites for hydroxylation is 1. The van der Waals surface area contributed by atoms with Gasteiger partial charge in [-0.3, -0.25) is 9.59 Å². The van der Waals surface area contributed by atoms with Crippen molar-refractivity contribution in [3.05, 3.63) is 82.6 Å². The summed E-state index contributed by atoms with van der Waals surface area (Å²) in [5.74, 6) is -0.206. The number of rotatable bonds is 4. The van der Waals surface area contributed by atoms with E-state index < -0.39 is 5.97 Å². The molecule has 0 atom stereocenters. The van der Waals surface area contributed by atoms with E-state index >= 15 is 0 Å². The topological polar surface area (TPSA) is 100 Å². The number of hydrazone groups is 1. The van der Waals surface area contributed by atoms with E-state index in [4.69, 9.17) is 9.52 Å². The number of fused-ring (bicyclic) bond motifs is 1. The van der Waals surface area contributed by atoms with Gasteiger partial charge in [0.2, 0.25) is 0 Å². The van der Waals surface area contributed by atoms with E-state index in [2.05, 4.69) is 5.10 Å². The Balaban J connectivity index is 1.43. The van der Waals surface area contributed by atoms with Crippen molar-refractivity contribution in [2.75, 3.05) is 5.01 Å². The van der Waals surface area contributed by atoms with Crippen LogP contribution in [0.2, 0.25) is 0 Å². The predicted molar refractivity (Wildman–Crippen MR) is 119 cm³/mol. The molecule has 0 saturated carbocycles. The quantitative estimate of drug-likeness (QED) is 0.616. The van der Waals surface area contributed by atoms with Gasteiger partial charge in [-0.15, -0.1) is 0 Å². The minimum absolute atomic E-state index is 0.116. The van der Waals surface area contributed by atoms with Crippen LogP contribution < -0.4 is 5.01 Å². The number of hydrogen-bond donors (Lipinski definition) is 1. The number of furan rings is 1. The molecule has 0 radical (unpaired) electrons. The summed E-state index contributed by atoms with van der Waals surface area (Å²) in [6, 6.07) is 15.2. The van der Waals surface area contributed by atoms with Crippen LogP contribution in [0.3, 0.4) is 0 Å². The van der Waals surface area contributed by atoms with Crippen molar-refractivity contribution in [3.63, 3.8) is 0 Å². The van der Waals surface area contributed by atoms with Crippen molar-refractivity contribution < 1.29 is 23.9 Å². The SMILES string of the molecule is CC1=NN(c2ccc(C(=O)O)cc2)C(=O)/C1=C\c1ccc(-c2cccc3c2C(=O)CC3)o1. The van der Waals surface area contributed by atoms with Gasteiger partial charge in [-0.25, -0.2) is 4.79 Å². The molecule has 2 heterocycles. The predicted octanol–water partition coefficient (Wildman–Crippen LogP) is 4.58. The first kappa shape index (κ1) is 19.7. The maximum Gasteiger partial charge on any atom is 0.335 e. The monoisotopic (exact) mass is 426 g/mol. The van der Waals surface area contributed by atoms with Gasteiger partial charge in [-0.05, 0) is 61.4 Å². The second kappa shape index (κ2) is 7.46. The molecule has 0 fully saturated rings. The van der Waals surface area contributed by atoms with Crippen molar-refractivity contribution in [1.29, 1.82) is 0 Å². The second-order valence-corrected chi connectivity index (χ2v) is 7.68. The average Bonchev–Trinajstić information content (AvgIpc) is 3.48. The Hall–Kier alpha value is -4.26. The molecular formula is C25H18N2O5. The van der Waals surface area contributed by atoms with Gasteiger partial charge in [-0.1, -0.05) is 18.2 Å². The zero-order valence-electron chi connectivity index (χ0n) is 17.2. The van der Waals surface area contributed by atoms with E-state index in [1.807, 2.05) is 18.2 Å². The van der Waals surface area contributed by atoms with Gasteiger partial charge < -0.3 is 9.52 Å². The molecule has 158 valence electrons. The lowest BCUT2D eigenvalue weighted by atomic mass is 10.0. The Morgan fingerprint density at radius 1 is 1.06 bits per heavy atom. The standard InChI is InChI=1S/C25H18N2O5/c1-14-20(24(29)27(26-14)17-8-5-16(6-9-17)25(30)31)13-18-10-12-22(32-18)19-4-2-3-15-7-11-21(28)23(15)19/h2-6,8-10,12-13H,7,11H2,1H3,(H,30,31)/b20-13-. The summed E-state index contributed by atoms with van der Waals surface area (Å²) in [6.45, 7) is 1.72. The van der Waals surface area contributed by atoms with Crippen LogP contribution in [0.4, 0.5) is 5.69 Å². The summed E-state index contributed by atoms with van der Waals surface area (Å²) in [6.07, 6.45) is 2.88. The fourth-order valence-electron chi connectivity index (χ4n) is 4.04. The van der Waals surface area contributed by atoms with E-state index in [1.54, 1.807) is 37.3 Å². The molecule has 1 aliphatic carbocycles. The molecule has 0 spiro atoms. The molecular weight excluding hydrogens is 408 g/mol. The Morgan fingerprint density at radius 2 is 1.84 bits per heavy atom. The van der Waals surface area contributed by atoms with Gasteiger partial charge >= 0.3 is 5.97 Å². The van der Waals surface area contributed by atoms with Crippen LogP contribution in [0.15, 0.2) is 69.7 Å². The number of carboxylic acid groups (broad SMARTS) is 1. The largest absolute Gasteiger partial charge is 0.478 e. The fourth-order valence-corrected chi connectivity index (χ4v) is 4.04. The first-order chi connectivity index (χ1) is 15.4. The number of ketones is 1. The zero-order chi connectivity index (χ0) is 22.4. The molecule has 3 aromatic rings. The molecule has 7 nitrogen and oxygen atoms in total. The van der Waals surface area contributed by atoms with Crippen LogP contribution in [0, 0.1) is 0 Å². The van der Waals surface area contributed by atoms with Crippen LogP contribution in [0.1, 0.15) is 45.4 Å². The Kier molecular flexibility index (Phi) is 4.59. The summed E-state index contributed by atoms with van der Waals surface area (Å²) >= 11 is 0. The summed E-state index contributed by atoms with van der Waals surface area (Å²) in [4.78, 5) is 36.3. The third kappa shape index (κ3) is 3.24. The number of Topliss-reactive ketones (excluding diaryl/α,β-unsaturated/α-hetero) is 1. The number of benzene rings is 2. The van der Waals surface area contributed by atoms with E-state index in [9.17, 15) is 14.4 Å². The number of amides is 1. The van der Waals surface area contributed by atoms with Crippen LogP contribution >= 0.6 is 0 Å². The van der Waals surface area contributed by atoms with Gasteiger partial charge in [0.15, 0.2) is 5.78 Å². The molecule has 1 aliphatic heterocycles. The molecule has 2 aliphatic rings. The number of aromatic carboxylic acids is 1. The first-order valence-electron chi connectivity index (χ1n) is 10.1. The summed E-state index contributed by atoms with van der Waals surface area (Å²) < 4.78 is 5.97. The van der Waals surface area contributed by atoms with Crippen LogP contribution in [0.25, 0.3) is 17.4 Å². The average molecular weight is 426 g/mol. The van der Waals surface area contributed by atoms with Gasteiger partial charge in [0, 0.05) is 17.5 Å². The van der Waals surface area contributed by atoms with E-state index in [-0.39, 0.29) is 17.3 Å². The maximum absolute atomic E-state index is 13.0.